The number of amides is 1. The lowest BCUT2D eigenvalue weighted by atomic mass is 9.87. The second kappa shape index (κ2) is 11.0. The largest absolute Gasteiger partial charge is 0.480 e. The Morgan fingerprint density at radius 1 is 0.941 bits per heavy atom. The Balaban J connectivity index is 1.69. The predicted octanol–water partition coefficient (Wildman–Crippen LogP) is 4.96. The molecule has 1 N–H and O–H groups in total. The molecule has 6 heteroatoms. The summed E-state index contributed by atoms with van der Waals surface area (Å²) in [5.41, 5.74) is 6.72. The fraction of sp³-hybridized carbons (Fsp3) is 0.286. The number of nitrogens with zero attached hydrogens (tertiary/aromatic N) is 2. The molecule has 34 heavy (non-hydrogen) atoms. The van der Waals surface area contributed by atoms with Crippen molar-refractivity contribution >= 4 is 12.1 Å². The Bertz CT molecular complexity index is 1130. The maximum absolute atomic E-state index is 12.5. The van der Waals surface area contributed by atoms with Crippen LogP contribution in [-0.4, -0.2) is 46.7 Å². The second-order valence-electron chi connectivity index (χ2n) is 8.49. The molecule has 0 bridgehead atoms. The maximum Gasteiger partial charge on any atom is 0.410 e. The lowest BCUT2D eigenvalue weighted by molar-refractivity contribution is -0.138. The van der Waals surface area contributed by atoms with Crippen LogP contribution in [-0.2, 0) is 35.6 Å². The quantitative estimate of drug-likeness (QED) is 0.517. The zero-order chi connectivity index (χ0) is 23.9. The molecule has 0 aromatic heterocycles. The van der Waals surface area contributed by atoms with E-state index in [2.05, 4.69) is 24.3 Å². The number of hydrogen-bond donors (Lipinski definition) is 1. The summed E-state index contributed by atoms with van der Waals surface area (Å²) in [6.45, 7) is 4.14. The maximum atomic E-state index is 12.5. The molecule has 1 amide bonds. The van der Waals surface area contributed by atoms with Crippen molar-refractivity contribution in [3.8, 4) is 11.1 Å². The number of aliphatic carboxylic acids is 1. The Hall–Kier alpha value is -3.64. The standard InChI is InChI=1S/C28H30N2O4/c1-2-34-28(33)30-16-15-25-24(22-11-7-4-8-12-22)14-13-23(26(25)19-30)18-29(20-27(31)32)17-21-9-5-3-6-10-21/h3-14H,2,15-20H2,1H3,(H,31,32). The number of fused-ring (bicyclic) bond motifs is 1. The number of carbonyl (C=O) groups excluding carboxylic acids is 1. The van der Waals surface area contributed by atoms with Crippen molar-refractivity contribution in [1.82, 2.24) is 9.80 Å². The van der Waals surface area contributed by atoms with Gasteiger partial charge in [0.05, 0.1) is 13.2 Å². The number of hydrogen-bond acceptors (Lipinski definition) is 4. The van der Waals surface area contributed by atoms with Crippen LogP contribution in [0.3, 0.4) is 0 Å². The van der Waals surface area contributed by atoms with Gasteiger partial charge in [0.2, 0.25) is 0 Å². The summed E-state index contributed by atoms with van der Waals surface area (Å²) >= 11 is 0. The fourth-order valence-corrected chi connectivity index (χ4v) is 4.59. The Morgan fingerprint density at radius 3 is 2.32 bits per heavy atom. The molecule has 6 nitrogen and oxygen atoms in total. The van der Waals surface area contributed by atoms with Crippen molar-refractivity contribution < 1.29 is 19.4 Å². The summed E-state index contributed by atoms with van der Waals surface area (Å²) in [7, 11) is 0. The Kier molecular flexibility index (Phi) is 7.60. The van der Waals surface area contributed by atoms with E-state index in [1.807, 2.05) is 60.4 Å². The third-order valence-corrected chi connectivity index (χ3v) is 6.12. The molecule has 0 unspecified atom stereocenters. The molecule has 4 rings (SSSR count). The number of carbonyl (C=O) groups is 2. The summed E-state index contributed by atoms with van der Waals surface area (Å²) in [6, 6.07) is 24.3. The fourth-order valence-electron chi connectivity index (χ4n) is 4.59. The first kappa shape index (κ1) is 23.5. The summed E-state index contributed by atoms with van der Waals surface area (Å²) in [4.78, 5) is 27.8. The van der Waals surface area contributed by atoms with Crippen LogP contribution in [0.4, 0.5) is 4.79 Å². The zero-order valence-electron chi connectivity index (χ0n) is 19.4. The highest BCUT2D eigenvalue weighted by atomic mass is 16.6. The van der Waals surface area contributed by atoms with Crippen LogP contribution >= 0.6 is 0 Å². The molecule has 0 fully saturated rings. The van der Waals surface area contributed by atoms with Crippen LogP contribution < -0.4 is 0 Å². The van der Waals surface area contributed by atoms with Crippen LogP contribution in [0.5, 0.6) is 0 Å². The van der Waals surface area contributed by atoms with Gasteiger partial charge in [-0.25, -0.2) is 4.79 Å². The van der Waals surface area contributed by atoms with E-state index in [0.29, 0.717) is 32.8 Å². The molecule has 0 atom stereocenters. The van der Waals surface area contributed by atoms with Crippen molar-refractivity contribution in [2.24, 2.45) is 0 Å². The topological polar surface area (TPSA) is 70.1 Å². The lowest BCUT2D eigenvalue weighted by Crippen LogP contribution is -2.38. The number of carboxylic acids is 1. The van der Waals surface area contributed by atoms with Crippen LogP contribution in [0, 0.1) is 0 Å². The SMILES string of the molecule is CCOC(=O)N1CCc2c(-c3ccccc3)ccc(CN(CC(=O)O)Cc3ccccc3)c2C1. The van der Waals surface area contributed by atoms with E-state index in [9.17, 15) is 14.7 Å². The van der Waals surface area contributed by atoms with Gasteiger partial charge in [0, 0.05) is 26.2 Å². The molecule has 3 aromatic carbocycles. The molecule has 0 aliphatic carbocycles. The molecule has 0 spiro atoms. The van der Waals surface area contributed by atoms with Gasteiger partial charge in [0.1, 0.15) is 0 Å². The smallest absolute Gasteiger partial charge is 0.410 e. The third kappa shape index (κ3) is 5.64. The van der Waals surface area contributed by atoms with Crippen LogP contribution in [0.15, 0.2) is 72.8 Å². The van der Waals surface area contributed by atoms with Gasteiger partial charge in [-0.15, -0.1) is 0 Å². The van der Waals surface area contributed by atoms with Crippen LogP contribution in [0.1, 0.15) is 29.2 Å². The van der Waals surface area contributed by atoms with Gasteiger partial charge < -0.3 is 14.7 Å². The van der Waals surface area contributed by atoms with Gasteiger partial charge in [0.25, 0.3) is 0 Å². The highest BCUT2D eigenvalue weighted by Crippen LogP contribution is 2.33. The first-order valence-electron chi connectivity index (χ1n) is 11.6. The van der Waals surface area contributed by atoms with Crippen molar-refractivity contribution in [2.75, 3.05) is 19.7 Å². The van der Waals surface area contributed by atoms with Crippen molar-refractivity contribution in [2.45, 2.75) is 33.0 Å². The van der Waals surface area contributed by atoms with E-state index in [1.54, 1.807) is 4.90 Å². The van der Waals surface area contributed by atoms with Gasteiger partial charge in [-0.1, -0.05) is 72.8 Å². The molecule has 1 heterocycles. The van der Waals surface area contributed by atoms with Gasteiger partial charge in [-0.2, -0.15) is 0 Å². The molecule has 1 aliphatic rings. The Morgan fingerprint density at radius 2 is 1.65 bits per heavy atom. The van der Waals surface area contributed by atoms with Gasteiger partial charge >= 0.3 is 12.1 Å². The molecule has 1 aliphatic heterocycles. The minimum absolute atomic E-state index is 0.0638. The second-order valence-corrected chi connectivity index (χ2v) is 8.49. The average molecular weight is 459 g/mol. The van der Waals surface area contributed by atoms with E-state index in [0.717, 1.165) is 34.2 Å². The van der Waals surface area contributed by atoms with Crippen molar-refractivity contribution in [3.63, 3.8) is 0 Å². The molecule has 0 saturated heterocycles. The summed E-state index contributed by atoms with van der Waals surface area (Å²) in [6.07, 6.45) is 0.417. The Labute approximate surface area is 200 Å². The van der Waals surface area contributed by atoms with E-state index in [4.69, 9.17) is 4.74 Å². The summed E-state index contributed by atoms with van der Waals surface area (Å²) < 4.78 is 5.26. The lowest BCUT2D eigenvalue weighted by Gasteiger charge is -2.32. The third-order valence-electron chi connectivity index (χ3n) is 6.12. The van der Waals surface area contributed by atoms with E-state index in [1.165, 1.54) is 5.56 Å². The zero-order valence-corrected chi connectivity index (χ0v) is 19.4. The van der Waals surface area contributed by atoms with Crippen molar-refractivity contribution in [3.05, 3.63) is 95.1 Å². The minimum Gasteiger partial charge on any atom is -0.480 e. The normalized spacial score (nSPS) is 12.9. The van der Waals surface area contributed by atoms with Gasteiger partial charge in [-0.05, 0) is 46.7 Å². The average Bonchev–Trinajstić information content (AvgIpc) is 2.85. The molecule has 0 saturated carbocycles. The minimum atomic E-state index is -0.862. The number of ether oxygens (including phenoxy) is 1. The van der Waals surface area contributed by atoms with Crippen LogP contribution in [0.25, 0.3) is 11.1 Å². The van der Waals surface area contributed by atoms with Gasteiger partial charge in [0.15, 0.2) is 0 Å². The molecule has 3 aromatic rings. The first-order valence-corrected chi connectivity index (χ1v) is 11.6. The monoisotopic (exact) mass is 458 g/mol. The first-order chi connectivity index (χ1) is 16.5. The van der Waals surface area contributed by atoms with E-state index in [-0.39, 0.29) is 12.6 Å². The van der Waals surface area contributed by atoms with E-state index < -0.39 is 5.97 Å². The highest BCUT2D eigenvalue weighted by molar-refractivity contribution is 5.73. The summed E-state index contributed by atoms with van der Waals surface area (Å²) in [5, 5.41) is 9.53. The number of rotatable bonds is 8. The van der Waals surface area contributed by atoms with E-state index >= 15 is 0 Å². The molecular weight excluding hydrogens is 428 g/mol. The molecular formula is C28H30N2O4. The highest BCUT2D eigenvalue weighted by Gasteiger charge is 2.27. The van der Waals surface area contributed by atoms with Crippen molar-refractivity contribution in [1.29, 1.82) is 0 Å². The van der Waals surface area contributed by atoms with Crippen LogP contribution in [0.2, 0.25) is 0 Å². The number of carboxylic acid groups (broad SMARTS) is 1. The number of benzene rings is 3. The van der Waals surface area contributed by atoms with Gasteiger partial charge in [-0.3, -0.25) is 9.69 Å². The summed E-state index contributed by atoms with van der Waals surface area (Å²) in [5.74, 6) is -0.862. The molecule has 0 radical (unpaired) electrons. The molecule has 176 valence electrons. The predicted molar refractivity (Wildman–Crippen MR) is 131 cm³/mol.